The SMILES string of the molecule is C/C(CC(=O)N(C)C1CCc2nc(C(=O)NCc3ccc(F)cc3)c(O)c(=O)n2C1)=C(/C(=O)N(C)C)N(C)C1CCCn2c1nc(C(=O)NCc1ccc(Cl)cc1)c(O)c2=O.CC. The van der Waals surface area contributed by atoms with Gasteiger partial charge in [0, 0.05) is 71.9 Å². The van der Waals surface area contributed by atoms with Gasteiger partial charge in [-0.1, -0.05) is 49.7 Å². The third-order valence-corrected chi connectivity index (χ3v) is 11.3. The zero-order chi connectivity index (χ0) is 46.3. The molecule has 63 heavy (non-hydrogen) atoms. The Labute approximate surface area is 368 Å². The van der Waals surface area contributed by atoms with Crippen molar-refractivity contribution in [2.24, 2.45) is 0 Å². The molecule has 19 heteroatoms. The molecule has 2 aromatic heterocycles. The number of nitrogens with zero attached hydrogens (tertiary/aromatic N) is 7. The maximum absolute atomic E-state index is 13.9. The van der Waals surface area contributed by atoms with Crippen LogP contribution in [-0.2, 0) is 42.2 Å². The summed E-state index contributed by atoms with van der Waals surface area (Å²) in [7, 11) is 6.36. The van der Waals surface area contributed by atoms with E-state index in [1.54, 1.807) is 64.3 Å². The van der Waals surface area contributed by atoms with Gasteiger partial charge in [0.2, 0.25) is 17.4 Å². The van der Waals surface area contributed by atoms with Crippen LogP contribution >= 0.6 is 11.6 Å². The minimum atomic E-state index is -0.842. The summed E-state index contributed by atoms with van der Waals surface area (Å²) in [6.45, 7) is 5.96. The van der Waals surface area contributed by atoms with E-state index in [-0.39, 0.29) is 62.3 Å². The molecule has 17 nitrogen and oxygen atoms in total. The first kappa shape index (κ1) is 47.5. The fraction of sp³-hybridized carbons (Fsp3) is 0.409. The monoisotopic (exact) mass is 889 g/mol. The summed E-state index contributed by atoms with van der Waals surface area (Å²) >= 11 is 5.97. The van der Waals surface area contributed by atoms with E-state index in [0.29, 0.717) is 35.4 Å². The van der Waals surface area contributed by atoms with Crippen LogP contribution in [0.4, 0.5) is 4.39 Å². The molecule has 6 rings (SSSR count). The van der Waals surface area contributed by atoms with Crippen molar-refractivity contribution >= 4 is 35.2 Å². The maximum atomic E-state index is 13.9. The number of likely N-dealkylation sites (N-methyl/N-ethyl adjacent to an activating group) is 3. The van der Waals surface area contributed by atoms with Crippen molar-refractivity contribution in [1.29, 1.82) is 0 Å². The molecule has 4 amide bonds. The zero-order valence-corrected chi connectivity index (χ0v) is 37.1. The second-order valence-electron chi connectivity index (χ2n) is 15.4. The van der Waals surface area contributed by atoms with Crippen LogP contribution in [0, 0.1) is 5.82 Å². The predicted octanol–water partition coefficient (Wildman–Crippen LogP) is 3.88. The van der Waals surface area contributed by atoms with Crippen molar-refractivity contribution in [1.82, 2.24) is 44.4 Å². The number of carbonyl (C=O) groups is 4. The molecule has 2 atom stereocenters. The Morgan fingerprint density at radius 1 is 0.810 bits per heavy atom. The average molecular weight is 890 g/mol. The molecule has 0 fully saturated rings. The molecular weight excluding hydrogens is 837 g/mol. The van der Waals surface area contributed by atoms with Crippen LogP contribution in [0.5, 0.6) is 11.5 Å². The van der Waals surface area contributed by atoms with Gasteiger partial charge in [0.15, 0.2) is 11.4 Å². The molecule has 0 saturated carbocycles. The van der Waals surface area contributed by atoms with Gasteiger partial charge in [-0.15, -0.1) is 0 Å². The van der Waals surface area contributed by atoms with E-state index in [2.05, 4.69) is 20.6 Å². The van der Waals surface area contributed by atoms with Crippen LogP contribution in [-0.4, -0.2) is 102 Å². The molecule has 2 unspecified atom stereocenters. The quantitative estimate of drug-likeness (QED) is 0.150. The Kier molecular flexibility index (Phi) is 15.5. The van der Waals surface area contributed by atoms with Crippen LogP contribution in [0.25, 0.3) is 0 Å². The fourth-order valence-corrected chi connectivity index (χ4v) is 7.67. The lowest BCUT2D eigenvalue weighted by atomic mass is 10.0. The topological polar surface area (TPSA) is 212 Å². The van der Waals surface area contributed by atoms with Gasteiger partial charge in [-0.05, 0) is 67.2 Å². The van der Waals surface area contributed by atoms with E-state index >= 15 is 0 Å². The number of aromatic nitrogens is 4. The Hall–Kier alpha value is -6.56. The van der Waals surface area contributed by atoms with E-state index in [1.807, 2.05) is 13.8 Å². The second kappa shape index (κ2) is 20.5. The summed E-state index contributed by atoms with van der Waals surface area (Å²) in [6.07, 6.45) is 1.31. The second-order valence-corrected chi connectivity index (χ2v) is 15.8. The number of benzene rings is 2. The molecule has 0 bridgehead atoms. The van der Waals surface area contributed by atoms with E-state index in [0.717, 1.165) is 5.56 Å². The van der Waals surface area contributed by atoms with Gasteiger partial charge < -0.3 is 35.5 Å². The number of aryl methyl sites for hydroxylation is 1. The molecule has 0 saturated heterocycles. The first-order chi connectivity index (χ1) is 30.0. The van der Waals surface area contributed by atoms with Gasteiger partial charge in [0.05, 0.1) is 12.5 Å². The van der Waals surface area contributed by atoms with Crippen LogP contribution in [0.3, 0.4) is 0 Å². The Bertz CT molecular complexity index is 2520. The highest BCUT2D eigenvalue weighted by Crippen LogP contribution is 2.33. The van der Waals surface area contributed by atoms with Gasteiger partial charge in [-0.3, -0.25) is 37.9 Å². The van der Waals surface area contributed by atoms with Crippen molar-refractivity contribution in [3.05, 3.63) is 126 Å². The standard InChI is InChI=1S/C42H47ClFN9O8.C2H6/c1-23(19-31(54)50(4)28-16-17-30-47-32(35(55)42(61)53(30)22-28)38(57)45-21-25-10-14-27(44)15-11-25)34(40(59)49(2)3)51(5)29-7-6-18-52-37(29)48-33(36(56)41(52)60)39(58)46-20-24-8-12-26(43)13-9-24;1-2/h8-15,28-29,55-56H,6-7,16-22H2,1-5H3,(H,45,57)(H,46,58);1-2H3/b34-23+;. The van der Waals surface area contributed by atoms with Gasteiger partial charge in [-0.25, -0.2) is 14.4 Å². The highest BCUT2D eigenvalue weighted by Gasteiger charge is 2.35. The number of rotatable bonds is 12. The minimum absolute atomic E-state index is 0.0116. The van der Waals surface area contributed by atoms with Crippen molar-refractivity contribution < 1.29 is 33.8 Å². The normalized spacial score (nSPS) is 15.6. The summed E-state index contributed by atoms with van der Waals surface area (Å²) in [6, 6.07) is 11.1. The maximum Gasteiger partial charge on any atom is 0.296 e. The Morgan fingerprint density at radius 3 is 1.92 bits per heavy atom. The average Bonchev–Trinajstić information content (AvgIpc) is 3.28. The highest BCUT2D eigenvalue weighted by molar-refractivity contribution is 6.30. The van der Waals surface area contributed by atoms with E-state index in [1.165, 1.54) is 43.2 Å². The number of hydrogen-bond acceptors (Lipinski definition) is 11. The zero-order valence-electron chi connectivity index (χ0n) is 36.4. The van der Waals surface area contributed by atoms with E-state index in [4.69, 9.17) is 11.6 Å². The number of aromatic hydroxyl groups is 2. The number of nitrogens with one attached hydrogen (secondary N) is 2. The molecule has 2 aliphatic heterocycles. The third kappa shape index (κ3) is 10.6. The molecule has 0 radical (unpaired) electrons. The van der Waals surface area contributed by atoms with Crippen molar-refractivity contribution in [3.8, 4) is 11.5 Å². The van der Waals surface area contributed by atoms with Gasteiger partial charge in [-0.2, -0.15) is 0 Å². The Morgan fingerprint density at radius 2 is 1.35 bits per heavy atom. The first-order valence-corrected chi connectivity index (χ1v) is 21.0. The van der Waals surface area contributed by atoms with Crippen molar-refractivity contribution in [3.63, 3.8) is 0 Å². The summed E-state index contributed by atoms with van der Waals surface area (Å²) in [5.41, 5.74) is -0.618. The largest absolute Gasteiger partial charge is 0.501 e. The molecule has 4 N–H and O–H groups in total. The summed E-state index contributed by atoms with van der Waals surface area (Å²) in [4.78, 5) is 94.1. The summed E-state index contributed by atoms with van der Waals surface area (Å²) < 4.78 is 15.8. The van der Waals surface area contributed by atoms with Gasteiger partial charge >= 0.3 is 0 Å². The number of fused-ring (bicyclic) bond motifs is 2. The third-order valence-electron chi connectivity index (χ3n) is 11.0. The Balaban J connectivity index is 0.00000369. The lowest BCUT2D eigenvalue weighted by Gasteiger charge is -2.37. The van der Waals surface area contributed by atoms with Crippen molar-refractivity contribution in [2.45, 2.75) is 91.1 Å². The number of carbonyl (C=O) groups excluding carboxylic acids is 4. The molecule has 2 aromatic carbocycles. The molecule has 0 spiro atoms. The lowest BCUT2D eigenvalue weighted by molar-refractivity contribution is -0.131. The molecule has 336 valence electrons. The summed E-state index contributed by atoms with van der Waals surface area (Å²) in [5.74, 6) is -3.98. The molecule has 4 aromatic rings. The summed E-state index contributed by atoms with van der Waals surface area (Å²) in [5, 5.41) is 27.3. The first-order valence-electron chi connectivity index (χ1n) is 20.6. The van der Waals surface area contributed by atoms with Crippen LogP contribution < -0.4 is 21.8 Å². The van der Waals surface area contributed by atoms with E-state index < -0.39 is 69.6 Å². The number of halogens is 2. The smallest absolute Gasteiger partial charge is 0.296 e. The van der Waals surface area contributed by atoms with Crippen LogP contribution in [0.2, 0.25) is 5.02 Å². The van der Waals surface area contributed by atoms with Gasteiger partial charge in [0.25, 0.3) is 28.8 Å². The molecule has 4 heterocycles. The molecule has 2 aliphatic rings. The van der Waals surface area contributed by atoms with E-state index in [9.17, 15) is 43.4 Å². The van der Waals surface area contributed by atoms with Crippen LogP contribution in [0.1, 0.15) is 96.2 Å². The molecular formula is C44H53ClFN9O8. The minimum Gasteiger partial charge on any atom is -0.501 e. The fourth-order valence-electron chi connectivity index (χ4n) is 7.55. The lowest BCUT2D eigenvalue weighted by Crippen LogP contribution is -2.46. The number of hydrogen-bond donors (Lipinski definition) is 4. The van der Waals surface area contributed by atoms with Crippen molar-refractivity contribution in [2.75, 3.05) is 28.2 Å². The van der Waals surface area contributed by atoms with Gasteiger partial charge in [0.1, 0.15) is 23.2 Å². The molecule has 0 aliphatic carbocycles. The highest BCUT2D eigenvalue weighted by atomic mass is 35.5. The number of amides is 4. The van der Waals surface area contributed by atoms with Crippen LogP contribution in [0.15, 0.2) is 69.4 Å². The predicted molar refractivity (Wildman–Crippen MR) is 232 cm³/mol.